The molecule has 3 saturated carbocycles. The maximum Gasteiger partial charge on any atom is 0.317 e. The molecular formula is C41H62O13. The van der Waals surface area contributed by atoms with Crippen LogP contribution in [0.5, 0.6) is 0 Å². The summed E-state index contributed by atoms with van der Waals surface area (Å²) < 4.78 is 30.2. The van der Waals surface area contributed by atoms with Gasteiger partial charge in [-0.3, -0.25) is 4.79 Å². The van der Waals surface area contributed by atoms with E-state index in [9.17, 15) is 40.5 Å². The number of ether oxygens (including phenoxy) is 5. The molecule has 54 heavy (non-hydrogen) atoms. The van der Waals surface area contributed by atoms with E-state index in [-0.39, 0.29) is 52.2 Å². The Morgan fingerprint density at radius 1 is 0.815 bits per heavy atom. The van der Waals surface area contributed by atoms with Crippen molar-refractivity contribution < 1.29 is 64.2 Å². The zero-order valence-electron chi connectivity index (χ0n) is 32.7. The minimum absolute atomic E-state index is 0.116. The number of hydrogen-bond donors (Lipinski definition) is 7. The highest BCUT2D eigenvalue weighted by atomic mass is 16.8. The lowest BCUT2D eigenvalue weighted by Gasteiger charge is -2.71. The van der Waals surface area contributed by atoms with Gasteiger partial charge >= 0.3 is 5.97 Å². The van der Waals surface area contributed by atoms with E-state index in [4.69, 9.17) is 23.7 Å². The quantitative estimate of drug-likeness (QED) is 0.158. The molecular weight excluding hydrogens is 700 g/mol. The van der Waals surface area contributed by atoms with Crippen LogP contribution < -0.4 is 0 Å². The topological polar surface area (TPSA) is 205 Å². The molecule has 7 fully saturated rings. The van der Waals surface area contributed by atoms with E-state index in [0.29, 0.717) is 25.7 Å². The summed E-state index contributed by atoms with van der Waals surface area (Å²) in [4.78, 5) is 13.7. The number of aliphatic hydroxyl groups excluding tert-OH is 6. The number of aliphatic hydroxyl groups is 7. The lowest BCUT2D eigenvalue weighted by atomic mass is 9.35. The minimum atomic E-state index is -1.70. The molecule has 0 radical (unpaired) electrons. The van der Waals surface area contributed by atoms with Crippen molar-refractivity contribution in [3.63, 3.8) is 0 Å². The van der Waals surface area contributed by atoms with Gasteiger partial charge in [0.25, 0.3) is 0 Å². The molecule has 13 heteroatoms. The van der Waals surface area contributed by atoms with Crippen LogP contribution in [0.1, 0.15) is 99.8 Å². The van der Waals surface area contributed by atoms with Gasteiger partial charge in [0.1, 0.15) is 53.9 Å². The van der Waals surface area contributed by atoms with Crippen LogP contribution >= 0.6 is 0 Å². The molecule has 2 bridgehead atoms. The van der Waals surface area contributed by atoms with Crippen LogP contribution in [0.4, 0.5) is 0 Å². The van der Waals surface area contributed by atoms with Gasteiger partial charge in [0.2, 0.25) is 0 Å². The Hall–Kier alpha value is -1.49. The summed E-state index contributed by atoms with van der Waals surface area (Å²) in [5, 5.41) is 74.9. The average Bonchev–Trinajstić information content (AvgIpc) is 3.10. The first-order chi connectivity index (χ1) is 25.1. The Kier molecular flexibility index (Phi) is 9.11. The SMILES string of the molecule is CC1(C)C(OC2OCC(O)C(O)C2OC2OC(CO)C(O)C(O)C2O)CCC2(C)C1CCC1(C)C2C=CC2=C3C4(CCC(C)(OC4=O)C3(C)O)CCC21C. The Morgan fingerprint density at radius 2 is 1.52 bits per heavy atom. The zero-order valence-corrected chi connectivity index (χ0v) is 32.7. The summed E-state index contributed by atoms with van der Waals surface area (Å²) in [6.07, 6.45) is -2.42. The fourth-order valence-electron chi connectivity index (χ4n) is 13.3. The summed E-state index contributed by atoms with van der Waals surface area (Å²) in [7, 11) is 0. The molecule has 7 N–H and O–H groups in total. The Bertz CT molecular complexity index is 1590. The van der Waals surface area contributed by atoms with Gasteiger partial charge in [-0.1, -0.05) is 46.8 Å². The second-order valence-corrected chi connectivity index (χ2v) is 19.8. The number of fused-ring (bicyclic) bond motifs is 7. The lowest BCUT2D eigenvalue weighted by Crippen LogP contribution is -2.71. The molecule has 4 saturated heterocycles. The van der Waals surface area contributed by atoms with E-state index in [1.165, 1.54) is 0 Å². The highest BCUT2D eigenvalue weighted by molar-refractivity contribution is 5.86. The van der Waals surface area contributed by atoms with Gasteiger partial charge in [-0.15, -0.1) is 0 Å². The number of esters is 1. The van der Waals surface area contributed by atoms with Crippen LogP contribution in [0.15, 0.2) is 23.3 Å². The molecule has 9 rings (SSSR count). The maximum absolute atomic E-state index is 13.7. The zero-order chi connectivity index (χ0) is 39.2. The van der Waals surface area contributed by atoms with E-state index in [0.717, 1.165) is 36.8 Å². The molecule has 4 heterocycles. The van der Waals surface area contributed by atoms with Gasteiger partial charge in [0, 0.05) is 0 Å². The van der Waals surface area contributed by atoms with Crippen molar-refractivity contribution in [3.05, 3.63) is 23.3 Å². The number of allylic oxidation sites excluding steroid dienone is 3. The van der Waals surface area contributed by atoms with Gasteiger partial charge in [0.05, 0.1) is 24.7 Å². The summed E-state index contributed by atoms with van der Waals surface area (Å²) in [5.74, 6) is 0.255. The fourth-order valence-corrected chi connectivity index (χ4v) is 13.3. The summed E-state index contributed by atoms with van der Waals surface area (Å²) in [6.45, 7) is 14.5. The molecule has 0 aromatic carbocycles. The van der Waals surface area contributed by atoms with Crippen LogP contribution in [0.3, 0.4) is 0 Å². The first kappa shape index (κ1) is 39.3. The van der Waals surface area contributed by atoms with Gasteiger partial charge in [-0.2, -0.15) is 0 Å². The van der Waals surface area contributed by atoms with Crippen molar-refractivity contribution in [3.8, 4) is 0 Å². The predicted octanol–water partition coefficient (Wildman–Crippen LogP) is 2.01. The molecule has 13 nitrogen and oxygen atoms in total. The van der Waals surface area contributed by atoms with E-state index >= 15 is 0 Å². The van der Waals surface area contributed by atoms with E-state index < -0.39 is 78.5 Å². The van der Waals surface area contributed by atoms with E-state index in [1.54, 1.807) is 0 Å². The average molecular weight is 763 g/mol. The van der Waals surface area contributed by atoms with Crippen LogP contribution in [-0.4, -0.2) is 128 Å². The van der Waals surface area contributed by atoms with Crippen molar-refractivity contribution in [2.45, 2.75) is 172 Å². The summed E-state index contributed by atoms with van der Waals surface area (Å²) >= 11 is 0. The smallest absolute Gasteiger partial charge is 0.317 e. The van der Waals surface area contributed by atoms with Crippen molar-refractivity contribution in [1.29, 1.82) is 0 Å². The maximum atomic E-state index is 13.7. The molecule has 0 aromatic heterocycles. The van der Waals surface area contributed by atoms with E-state index in [1.807, 2.05) is 13.8 Å². The first-order valence-corrected chi connectivity index (χ1v) is 20.1. The molecule has 0 aromatic rings. The van der Waals surface area contributed by atoms with Crippen LogP contribution in [0.2, 0.25) is 0 Å². The monoisotopic (exact) mass is 762 g/mol. The number of rotatable bonds is 5. The molecule has 4 aliphatic heterocycles. The summed E-state index contributed by atoms with van der Waals surface area (Å²) in [5.41, 5.74) is -1.90. The highest BCUT2D eigenvalue weighted by Gasteiger charge is 2.73. The molecule has 304 valence electrons. The molecule has 9 aliphatic rings. The standard InChI is InChI=1S/C41H62O13/c1-35(2)23-10-13-38(5)24(9-8-20-31-40(7,49)39(6)15-17-41(31,34(48)54-39)16-14-37(20,38)4)36(23,3)12-11-25(35)52-33-30(26(44)21(43)19-50-33)53-32-29(47)28(46)27(45)22(18-42)51-32/h8-9,21-30,32-33,42-47,49H,10-19H2,1-7H3. The molecule has 0 amide bonds. The third kappa shape index (κ3) is 4.99. The predicted molar refractivity (Wildman–Crippen MR) is 191 cm³/mol. The summed E-state index contributed by atoms with van der Waals surface area (Å²) in [6, 6.07) is 0. The minimum Gasteiger partial charge on any atom is -0.455 e. The molecule has 1 spiro atoms. The van der Waals surface area contributed by atoms with Gasteiger partial charge < -0.3 is 59.4 Å². The normalized spacial score (nSPS) is 56.4. The fraction of sp³-hybridized carbons (Fsp3) is 0.878. The van der Waals surface area contributed by atoms with Gasteiger partial charge in [-0.25, -0.2) is 0 Å². The number of carbonyl (C=O) groups is 1. The Balaban J connectivity index is 1.07. The Morgan fingerprint density at radius 3 is 2.20 bits per heavy atom. The van der Waals surface area contributed by atoms with Gasteiger partial charge in [0.15, 0.2) is 12.6 Å². The third-order valence-electron chi connectivity index (χ3n) is 17.1. The second kappa shape index (κ2) is 12.5. The largest absolute Gasteiger partial charge is 0.455 e. The first-order valence-electron chi connectivity index (χ1n) is 20.1. The molecule has 18 unspecified atom stereocenters. The van der Waals surface area contributed by atoms with Crippen LogP contribution in [-0.2, 0) is 28.5 Å². The van der Waals surface area contributed by atoms with Crippen molar-refractivity contribution in [2.75, 3.05) is 13.2 Å². The third-order valence-corrected chi connectivity index (χ3v) is 17.1. The van der Waals surface area contributed by atoms with Crippen molar-refractivity contribution >= 4 is 5.97 Å². The van der Waals surface area contributed by atoms with Crippen LogP contribution in [0, 0.1) is 38.9 Å². The van der Waals surface area contributed by atoms with Crippen molar-refractivity contribution in [1.82, 2.24) is 0 Å². The molecule has 18 atom stereocenters. The molecule has 5 aliphatic carbocycles. The highest BCUT2D eigenvalue weighted by Crippen LogP contribution is 2.75. The second-order valence-electron chi connectivity index (χ2n) is 19.8. The lowest BCUT2D eigenvalue weighted by molar-refractivity contribution is -0.367. The Labute approximate surface area is 317 Å². The number of carbonyl (C=O) groups excluding carboxylic acids is 1. The van der Waals surface area contributed by atoms with Gasteiger partial charge in [-0.05, 0) is 110 Å². The van der Waals surface area contributed by atoms with Crippen LogP contribution in [0.25, 0.3) is 0 Å². The van der Waals surface area contributed by atoms with E-state index in [2.05, 4.69) is 46.8 Å². The van der Waals surface area contributed by atoms with Crippen molar-refractivity contribution in [2.24, 2.45) is 38.9 Å². The number of hydrogen-bond acceptors (Lipinski definition) is 13.